The van der Waals surface area contributed by atoms with Gasteiger partial charge in [0.1, 0.15) is 5.02 Å². The fourth-order valence-electron chi connectivity index (χ4n) is 2.11. The molecule has 31 heavy (non-hydrogen) atoms. The number of sulfonamides is 1. The lowest BCUT2D eigenvalue weighted by atomic mass is 10.2. The number of pyridine rings is 1. The van der Waals surface area contributed by atoms with Crippen molar-refractivity contribution in [2.45, 2.75) is 18.5 Å². The van der Waals surface area contributed by atoms with E-state index in [0.29, 0.717) is 5.69 Å². The number of carbonyl (C=O) groups excluding carboxylic acids is 1. The number of benzene rings is 1. The smallest absolute Gasteiger partial charge is 0.434 e. The van der Waals surface area contributed by atoms with Gasteiger partial charge in [-0.2, -0.15) is 26.3 Å². The number of ether oxygens (including phenoxy) is 1. The van der Waals surface area contributed by atoms with Gasteiger partial charge in [-0.3, -0.25) is 4.79 Å². The molecule has 2 aromatic rings. The molecule has 1 aromatic heterocycles. The van der Waals surface area contributed by atoms with Crippen molar-refractivity contribution >= 4 is 38.9 Å². The standard InChI is InChI=1S/C16H12ClF6N3O4S/c1-31(28,29)26-12(27)8-2-4-9(5-3-8)25-10-6-11(17)13(24-7-10)30-14(15(18,19)20)16(21,22)23/h2-7,14,25H,1H3,(H,26,27). The second-order valence-electron chi connectivity index (χ2n) is 6.00. The second-order valence-corrected chi connectivity index (χ2v) is 8.15. The number of rotatable bonds is 6. The van der Waals surface area contributed by atoms with Crippen LogP contribution in [0.5, 0.6) is 5.88 Å². The Morgan fingerprint density at radius 3 is 2.06 bits per heavy atom. The van der Waals surface area contributed by atoms with Crippen LogP contribution < -0.4 is 14.8 Å². The Morgan fingerprint density at radius 2 is 1.61 bits per heavy atom. The molecule has 15 heteroatoms. The molecule has 2 rings (SSSR count). The second kappa shape index (κ2) is 8.78. The molecular weight excluding hydrogens is 480 g/mol. The maximum absolute atomic E-state index is 12.6. The van der Waals surface area contributed by atoms with Gasteiger partial charge >= 0.3 is 12.4 Å². The van der Waals surface area contributed by atoms with E-state index in [1.54, 1.807) is 4.72 Å². The van der Waals surface area contributed by atoms with Crippen molar-refractivity contribution in [1.82, 2.24) is 9.71 Å². The molecule has 7 nitrogen and oxygen atoms in total. The van der Waals surface area contributed by atoms with Gasteiger partial charge in [-0.15, -0.1) is 0 Å². The van der Waals surface area contributed by atoms with Crippen LogP contribution in [-0.4, -0.2) is 44.0 Å². The maximum atomic E-state index is 12.6. The van der Waals surface area contributed by atoms with Gasteiger partial charge in [0.15, 0.2) is 0 Å². The third-order valence-corrected chi connectivity index (χ3v) is 4.17. The quantitative estimate of drug-likeness (QED) is 0.592. The average Bonchev–Trinajstić information content (AvgIpc) is 2.58. The zero-order valence-corrected chi connectivity index (χ0v) is 16.7. The van der Waals surface area contributed by atoms with Crippen molar-refractivity contribution in [3.05, 3.63) is 47.1 Å². The first-order valence-corrected chi connectivity index (χ1v) is 10.2. The van der Waals surface area contributed by atoms with E-state index in [1.807, 2.05) is 0 Å². The summed E-state index contributed by atoms with van der Waals surface area (Å²) in [4.78, 5) is 15.1. The number of hydrogen-bond acceptors (Lipinski definition) is 6. The van der Waals surface area contributed by atoms with Crippen LogP contribution in [0.15, 0.2) is 36.5 Å². The summed E-state index contributed by atoms with van der Waals surface area (Å²) in [5.74, 6) is -1.94. The van der Waals surface area contributed by atoms with Gasteiger partial charge in [-0.25, -0.2) is 18.1 Å². The lowest BCUT2D eigenvalue weighted by Gasteiger charge is -2.23. The predicted octanol–water partition coefficient (Wildman–Crippen LogP) is 4.04. The van der Waals surface area contributed by atoms with E-state index < -0.39 is 45.3 Å². The SMILES string of the molecule is CS(=O)(=O)NC(=O)c1ccc(Nc2cnc(OC(C(F)(F)F)C(F)(F)F)c(Cl)c2)cc1. The molecule has 0 aliphatic rings. The molecule has 0 bridgehead atoms. The van der Waals surface area contributed by atoms with Gasteiger partial charge in [-0.1, -0.05) is 11.6 Å². The van der Waals surface area contributed by atoms with E-state index in [1.165, 1.54) is 24.3 Å². The number of halogens is 7. The Bertz CT molecular complexity index is 1040. The normalized spacial score (nSPS) is 12.5. The summed E-state index contributed by atoms with van der Waals surface area (Å²) in [6, 6.07) is 6.24. The number of anilines is 2. The summed E-state index contributed by atoms with van der Waals surface area (Å²) in [7, 11) is -3.76. The number of nitrogens with zero attached hydrogens (tertiary/aromatic N) is 1. The van der Waals surface area contributed by atoms with Gasteiger partial charge in [-0.05, 0) is 30.3 Å². The van der Waals surface area contributed by atoms with E-state index in [2.05, 4.69) is 15.0 Å². The molecule has 0 aliphatic carbocycles. The van der Waals surface area contributed by atoms with Crippen molar-refractivity contribution < 1.29 is 44.3 Å². The average molecular weight is 492 g/mol. The summed E-state index contributed by atoms with van der Waals surface area (Å²) in [6.45, 7) is 0. The molecule has 2 N–H and O–H groups in total. The van der Waals surface area contributed by atoms with Crippen molar-refractivity contribution in [2.75, 3.05) is 11.6 Å². The minimum absolute atomic E-state index is 0.0150. The van der Waals surface area contributed by atoms with E-state index >= 15 is 0 Å². The van der Waals surface area contributed by atoms with Crippen LogP contribution in [-0.2, 0) is 10.0 Å². The molecule has 1 amide bonds. The van der Waals surface area contributed by atoms with Gasteiger partial charge in [0.2, 0.25) is 15.9 Å². The molecule has 0 atom stereocenters. The van der Waals surface area contributed by atoms with Crippen LogP contribution in [0, 0.1) is 0 Å². The van der Waals surface area contributed by atoms with Gasteiger partial charge in [0.25, 0.3) is 12.0 Å². The lowest BCUT2D eigenvalue weighted by Crippen LogP contribution is -2.46. The minimum Gasteiger partial charge on any atom is -0.454 e. The minimum atomic E-state index is -5.73. The first-order chi connectivity index (χ1) is 14.1. The van der Waals surface area contributed by atoms with Gasteiger partial charge in [0, 0.05) is 11.3 Å². The van der Waals surface area contributed by atoms with Crippen molar-refractivity contribution in [2.24, 2.45) is 0 Å². The third kappa shape index (κ3) is 7.17. The molecule has 1 aromatic carbocycles. The summed E-state index contributed by atoms with van der Waals surface area (Å²) in [5.41, 5.74) is 0.424. The molecular formula is C16H12ClF6N3O4S. The maximum Gasteiger partial charge on any atom is 0.434 e. The fourth-order valence-corrected chi connectivity index (χ4v) is 2.78. The molecule has 0 fully saturated rings. The first kappa shape index (κ1) is 24.5. The van der Waals surface area contributed by atoms with Crippen molar-refractivity contribution in [3.63, 3.8) is 0 Å². The molecule has 170 valence electrons. The van der Waals surface area contributed by atoms with Gasteiger partial charge in [0.05, 0.1) is 18.1 Å². The van der Waals surface area contributed by atoms with Crippen LogP contribution >= 0.6 is 11.6 Å². The number of amides is 1. The predicted molar refractivity (Wildman–Crippen MR) is 97.8 cm³/mol. The topological polar surface area (TPSA) is 97.4 Å². The Hall–Kier alpha value is -2.74. The number of aromatic nitrogens is 1. The molecule has 0 spiro atoms. The van der Waals surface area contributed by atoms with Crippen molar-refractivity contribution in [1.29, 1.82) is 0 Å². The monoisotopic (exact) mass is 491 g/mol. The highest BCUT2D eigenvalue weighted by molar-refractivity contribution is 7.89. The summed E-state index contributed by atoms with van der Waals surface area (Å²) < 4.78 is 103. The first-order valence-electron chi connectivity index (χ1n) is 7.91. The third-order valence-electron chi connectivity index (χ3n) is 3.35. The Balaban J connectivity index is 2.14. The Morgan fingerprint density at radius 1 is 1.06 bits per heavy atom. The number of hydrogen-bond donors (Lipinski definition) is 2. The summed E-state index contributed by atoms with van der Waals surface area (Å²) >= 11 is 5.70. The van der Waals surface area contributed by atoms with Crippen molar-refractivity contribution in [3.8, 4) is 5.88 Å². The lowest BCUT2D eigenvalue weighted by molar-refractivity contribution is -0.300. The molecule has 0 unspecified atom stereocenters. The molecule has 0 saturated carbocycles. The Labute approximate surface area is 176 Å². The summed E-state index contributed by atoms with van der Waals surface area (Å²) in [6.07, 6.45) is -13.9. The van der Waals surface area contributed by atoms with E-state index in [0.717, 1.165) is 18.5 Å². The molecule has 0 saturated heterocycles. The molecule has 0 aliphatic heterocycles. The highest BCUT2D eigenvalue weighted by Gasteiger charge is 2.59. The van der Waals surface area contributed by atoms with Crippen LogP contribution in [0.4, 0.5) is 37.7 Å². The number of nitrogens with one attached hydrogen (secondary N) is 2. The van der Waals surface area contributed by atoms with Crippen LogP contribution in [0.3, 0.4) is 0 Å². The fraction of sp³-hybridized carbons (Fsp3) is 0.250. The largest absolute Gasteiger partial charge is 0.454 e. The van der Waals surface area contributed by atoms with Gasteiger partial charge < -0.3 is 10.1 Å². The zero-order valence-electron chi connectivity index (χ0n) is 15.2. The van der Waals surface area contributed by atoms with E-state index in [-0.39, 0.29) is 11.3 Å². The number of alkyl halides is 6. The molecule has 0 radical (unpaired) electrons. The van der Waals surface area contributed by atoms with Crippen LogP contribution in [0.25, 0.3) is 0 Å². The number of carbonyl (C=O) groups is 1. The molecule has 1 heterocycles. The zero-order chi connectivity index (χ0) is 23.6. The summed E-state index contributed by atoms with van der Waals surface area (Å²) in [5, 5.41) is 2.09. The van der Waals surface area contributed by atoms with Crippen LogP contribution in [0.2, 0.25) is 5.02 Å². The Kier molecular flexibility index (Phi) is 6.95. The van der Waals surface area contributed by atoms with E-state index in [9.17, 15) is 39.6 Å². The highest BCUT2D eigenvalue weighted by Crippen LogP contribution is 2.38. The highest BCUT2D eigenvalue weighted by atomic mass is 35.5. The van der Waals surface area contributed by atoms with Crippen LogP contribution in [0.1, 0.15) is 10.4 Å². The van der Waals surface area contributed by atoms with E-state index in [4.69, 9.17) is 11.6 Å².